The van der Waals surface area contributed by atoms with Crippen molar-refractivity contribution in [2.24, 2.45) is 5.92 Å². The number of aryl methyl sites for hydroxylation is 2. The number of para-hydroxylation sites is 1. The van der Waals surface area contributed by atoms with E-state index in [9.17, 15) is 14.7 Å². The van der Waals surface area contributed by atoms with Gasteiger partial charge in [0.05, 0.1) is 0 Å². The lowest BCUT2D eigenvalue weighted by Gasteiger charge is -2.17. The first-order valence-corrected chi connectivity index (χ1v) is 12.6. The molecule has 0 saturated heterocycles. The normalized spacial score (nSPS) is 11.8. The number of hydrogen-bond donors (Lipinski definition) is 1. The molecule has 4 rings (SSSR count). The Morgan fingerprint density at radius 3 is 2.22 bits per heavy atom. The number of fused-ring (bicyclic) bond motifs is 1. The lowest BCUT2D eigenvalue weighted by atomic mass is 9.88. The van der Waals surface area contributed by atoms with Crippen molar-refractivity contribution in [1.29, 1.82) is 0 Å². The number of aliphatic carboxylic acids is 1. The highest BCUT2D eigenvalue weighted by Gasteiger charge is 2.19. The minimum Gasteiger partial charge on any atom is -0.481 e. The molecule has 0 fully saturated rings. The van der Waals surface area contributed by atoms with E-state index in [0.717, 1.165) is 46.9 Å². The zero-order valence-corrected chi connectivity index (χ0v) is 20.7. The maximum absolute atomic E-state index is 13.4. The zero-order chi connectivity index (χ0) is 25.3. The van der Waals surface area contributed by atoms with Crippen LogP contribution in [-0.2, 0) is 28.9 Å². The molecule has 0 spiro atoms. The molecule has 0 saturated carbocycles. The summed E-state index contributed by atoms with van der Waals surface area (Å²) in [5, 5.41) is 11.1. The van der Waals surface area contributed by atoms with Crippen molar-refractivity contribution in [2.75, 3.05) is 0 Å². The molecule has 0 bridgehead atoms. The third kappa shape index (κ3) is 6.60. The highest BCUT2D eigenvalue weighted by atomic mass is 16.5. The fourth-order valence-electron chi connectivity index (χ4n) is 4.66. The van der Waals surface area contributed by atoms with E-state index in [1.54, 1.807) is 0 Å². The fourth-order valence-corrected chi connectivity index (χ4v) is 4.66. The Morgan fingerprint density at radius 2 is 1.53 bits per heavy atom. The van der Waals surface area contributed by atoms with Crippen LogP contribution in [0.4, 0.5) is 0 Å². The van der Waals surface area contributed by atoms with Gasteiger partial charge in [-0.05, 0) is 72.0 Å². The van der Waals surface area contributed by atoms with E-state index in [1.165, 1.54) is 5.56 Å². The van der Waals surface area contributed by atoms with Crippen LogP contribution in [0.15, 0.2) is 91.0 Å². The monoisotopic (exact) mass is 480 g/mol. The summed E-state index contributed by atoms with van der Waals surface area (Å²) in [6.45, 7) is 2.07. The van der Waals surface area contributed by atoms with Crippen molar-refractivity contribution in [1.82, 2.24) is 0 Å². The molecule has 1 N–H and O–H groups in total. The van der Waals surface area contributed by atoms with Gasteiger partial charge in [-0.2, -0.15) is 0 Å². The van der Waals surface area contributed by atoms with E-state index < -0.39 is 5.97 Å². The van der Waals surface area contributed by atoms with E-state index >= 15 is 0 Å². The number of ketones is 1. The number of Topliss-reactive ketones (excluding diaryl/α,β-unsaturated/α-hetero) is 1. The van der Waals surface area contributed by atoms with Crippen LogP contribution in [-0.4, -0.2) is 16.9 Å². The smallest absolute Gasteiger partial charge is 0.303 e. The molecule has 0 aliphatic heterocycles. The van der Waals surface area contributed by atoms with E-state index in [2.05, 4.69) is 19.1 Å². The van der Waals surface area contributed by atoms with Crippen molar-refractivity contribution < 1.29 is 19.4 Å². The van der Waals surface area contributed by atoms with Crippen LogP contribution in [0.1, 0.15) is 42.9 Å². The van der Waals surface area contributed by atoms with E-state index in [4.69, 9.17) is 4.74 Å². The van der Waals surface area contributed by atoms with Crippen molar-refractivity contribution in [3.05, 3.63) is 108 Å². The molecule has 1 unspecified atom stereocenters. The average molecular weight is 481 g/mol. The van der Waals surface area contributed by atoms with Gasteiger partial charge in [0.15, 0.2) is 0 Å². The zero-order valence-electron chi connectivity index (χ0n) is 20.7. The molecular formula is C32H32O4. The summed E-state index contributed by atoms with van der Waals surface area (Å²) in [5.41, 5.74) is 3.07. The Bertz CT molecular complexity index is 1310. The summed E-state index contributed by atoms with van der Waals surface area (Å²) >= 11 is 0. The number of carbonyl (C=O) groups is 2. The van der Waals surface area contributed by atoms with Gasteiger partial charge in [-0.25, -0.2) is 0 Å². The second-order valence-electron chi connectivity index (χ2n) is 9.19. The van der Waals surface area contributed by atoms with Gasteiger partial charge in [0.2, 0.25) is 0 Å². The quantitative estimate of drug-likeness (QED) is 0.229. The standard InChI is InChI=1S/C32H32O4/c1-2-25(18-16-23-10-5-3-6-11-23)30(33)22-26-20-24(17-19-32(34)35)21-29-28(26)14-9-15-31(29)36-27-12-7-4-8-13-27/h3-15,20-21,25H,2,16-19,22H2,1H3,(H,34,35). The molecule has 4 aromatic rings. The van der Waals surface area contributed by atoms with Crippen LogP contribution in [0.5, 0.6) is 11.5 Å². The first-order valence-electron chi connectivity index (χ1n) is 12.6. The summed E-state index contributed by atoms with van der Waals surface area (Å²) in [6.07, 6.45) is 3.24. The van der Waals surface area contributed by atoms with E-state index in [-0.39, 0.29) is 18.1 Å². The van der Waals surface area contributed by atoms with E-state index in [0.29, 0.717) is 18.6 Å². The van der Waals surface area contributed by atoms with Crippen molar-refractivity contribution in [3.8, 4) is 11.5 Å². The molecule has 1 atom stereocenters. The van der Waals surface area contributed by atoms with Crippen LogP contribution in [0, 0.1) is 5.92 Å². The Hall–Kier alpha value is -3.92. The molecule has 0 aliphatic rings. The second kappa shape index (κ2) is 12.2. The van der Waals surface area contributed by atoms with Crippen LogP contribution < -0.4 is 4.74 Å². The van der Waals surface area contributed by atoms with Gasteiger partial charge in [0, 0.05) is 24.1 Å². The van der Waals surface area contributed by atoms with Crippen molar-refractivity contribution in [3.63, 3.8) is 0 Å². The average Bonchev–Trinajstić information content (AvgIpc) is 2.89. The minimum atomic E-state index is -0.839. The summed E-state index contributed by atoms with van der Waals surface area (Å²) in [5.74, 6) is 0.783. The Labute approximate surface area is 212 Å². The predicted octanol–water partition coefficient (Wildman–Crippen LogP) is 7.42. The molecular weight excluding hydrogens is 448 g/mol. The number of carboxylic acids is 1. The van der Waals surface area contributed by atoms with E-state index in [1.807, 2.05) is 78.9 Å². The SMILES string of the molecule is CCC(CCc1ccccc1)C(=O)Cc1cc(CCC(=O)O)cc2c(Oc3ccccc3)cccc12. The first-order chi connectivity index (χ1) is 17.5. The van der Waals surface area contributed by atoms with Crippen LogP contribution in [0.25, 0.3) is 10.8 Å². The third-order valence-electron chi connectivity index (χ3n) is 6.64. The fraction of sp³-hybridized carbons (Fsp3) is 0.250. The van der Waals surface area contributed by atoms with Gasteiger partial charge >= 0.3 is 5.97 Å². The number of hydrogen-bond acceptors (Lipinski definition) is 3. The summed E-state index contributed by atoms with van der Waals surface area (Å²) < 4.78 is 6.19. The van der Waals surface area contributed by atoms with Gasteiger partial charge in [0.25, 0.3) is 0 Å². The van der Waals surface area contributed by atoms with Gasteiger partial charge in [0.1, 0.15) is 17.3 Å². The van der Waals surface area contributed by atoms with Crippen LogP contribution in [0.2, 0.25) is 0 Å². The Morgan fingerprint density at radius 1 is 0.806 bits per heavy atom. The highest BCUT2D eigenvalue weighted by Crippen LogP contribution is 2.34. The maximum atomic E-state index is 13.4. The van der Waals surface area contributed by atoms with Gasteiger partial charge in [-0.1, -0.05) is 73.7 Å². The van der Waals surface area contributed by atoms with Crippen LogP contribution in [0.3, 0.4) is 0 Å². The molecule has 0 heterocycles. The largest absolute Gasteiger partial charge is 0.481 e. The number of ether oxygens (including phenoxy) is 1. The van der Waals surface area contributed by atoms with Gasteiger partial charge < -0.3 is 9.84 Å². The number of carboxylic acid groups (broad SMARTS) is 1. The summed E-state index contributed by atoms with van der Waals surface area (Å²) in [6, 6.07) is 29.7. The highest BCUT2D eigenvalue weighted by molar-refractivity contribution is 5.95. The molecule has 184 valence electrons. The molecule has 0 aromatic heterocycles. The molecule has 36 heavy (non-hydrogen) atoms. The van der Waals surface area contributed by atoms with Gasteiger partial charge in [-0.15, -0.1) is 0 Å². The van der Waals surface area contributed by atoms with Crippen molar-refractivity contribution in [2.45, 2.75) is 45.4 Å². The third-order valence-corrected chi connectivity index (χ3v) is 6.64. The van der Waals surface area contributed by atoms with Crippen molar-refractivity contribution >= 4 is 22.5 Å². The topological polar surface area (TPSA) is 63.6 Å². The van der Waals surface area contributed by atoms with Crippen LogP contribution >= 0.6 is 0 Å². The second-order valence-corrected chi connectivity index (χ2v) is 9.19. The molecule has 0 radical (unpaired) electrons. The maximum Gasteiger partial charge on any atom is 0.303 e. The minimum absolute atomic E-state index is 0.0216. The summed E-state index contributed by atoms with van der Waals surface area (Å²) in [7, 11) is 0. The first kappa shape index (κ1) is 25.2. The molecule has 4 nitrogen and oxygen atoms in total. The van der Waals surface area contributed by atoms with Gasteiger partial charge in [-0.3, -0.25) is 9.59 Å². The lowest BCUT2D eigenvalue weighted by Crippen LogP contribution is -2.17. The molecule has 0 amide bonds. The number of rotatable bonds is 12. The summed E-state index contributed by atoms with van der Waals surface area (Å²) in [4.78, 5) is 24.7. The molecule has 0 aliphatic carbocycles. The lowest BCUT2D eigenvalue weighted by molar-refractivity contribution is -0.137. The predicted molar refractivity (Wildman–Crippen MR) is 144 cm³/mol. The molecule has 4 aromatic carbocycles. The number of carbonyl (C=O) groups excluding carboxylic acids is 1. The number of benzene rings is 4. The Kier molecular flexibility index (Phi) is 8.51. The Balaban J connectivity index is 1.63. The molecule has 4 heteroatoms.